The monoisotopic (exact) mass is 431 g/mol. The molecule has 1 aliphatic heterocycles. The molecule has 3 aromatic rings. The van der Waals surface area contributed by atoms with Crippen molar-refractivity contribution >= 4 is 48.5 Å². The van der Waals surface area contributed by atoms with Crippen LogP contribution in [0.4, 0.5) is 5.13 Å². The Morgan fingerprint density at radius 1 is 1.23 bits per heavy atom. The largest absolute Gasteiger partial charge is 0.378 e. The maximum atomic E-state index is 12.5. The highest BCUT2D eigenvalue weighted by Gasteiger charge is 2.16. The third-order valence-corrected chi connectivity index (χ3v) is 5.84. The van der Waals surface area contributed by atoms with Crippen LogP contribution >= 0.6 is 27.3 Å². The highest BCUT2D eigenvalue weighted by molar-refractivity contribution is 9.10. The van der Waals surface area contributed by atoms with E-state index in [-0.39, 0.29) is 5.91 Å². The lowest BCUT2D eigenvalue weighted by atomic mass is 10.2. The minimum absolute atomic E-state index is 0.0757. The SMILES string of the molecule is O=C(NCc1cccc(Br)c1)c1ccc2nc(N3CCOCC3)sc2c1. The van der Waals surface area contributed by atoms with Gasteiger partial charge in [-0.05, 0) is 35.9 Å². The van der Waals surface area contributed by atoms with Crippen molar-refractivity contribution in [1.82, 2.24) is 10.3 Å². The molecule has 0 bridgehead atoms. The molecule has 0 saturated carbocycles. The zero-order valence-electron chi connectivity index (χ0n) is 14.1. The molecule has 1 aromatic heterocycles. The molecule has 7 heteroatoms. The number of amides is 1. The van der Waals surface area contributed by atoms with Gasteiger partial charge in [0.2, 0.25) is 0 Å². The number of ether oxygens (including phenoxy) is 1. The molecule has 26 heavy (non-hydrogen) atoms. The van der Waals surface area contributed by atoms with Crippen LogP contribution in [0.15, 0.2) is 46.9 Å². The molecule has 1 fully saturated rings. The van der Waals surface area contributed by atoms with Crippen molar-refractivity contribution in [3.05, 3.63) is 58.1 Å². The van der Waals surface area contributed by atoms with E-state index in [9.17, 15) is 4.79 Å². The number of fused-ring (bicyclic) bond motifs is 1. The summed E-state index contributed by atoms with van der Waals surface area (Å²) in [6.07, 6.45) is 0. The van der Waals surface area contributed by atoms with Gasteiger partial charge in [-0.15, -0.1) is 0 Å². The van der Waals surface area contributed by atoms with Gasteiger partial charge in [-0.3, -0.25) is 4.79 Å². The van der Waals surface area contributed by atoms with Crippen LogP contribution in [0, 0.1) is 0 Å². The Bertz CT molecular complexity index is 937. The molecule has 0 atom stereocenters. The Labute approximate surface area is 164 Å². The first-order valence-electron chi connectivity index (χ1n) is 8.45. The highest BCUT2D eigenvalue weighted by atomic mass is 79.9. The minimum Gasteiger partial charge on any atom is -0.378 e. The summed E-state index contributed by atoms with van der Waals surface area (Å²) in [5.41, 5.74) is 2.64. The van der Waals surface area contributed by atoms with Crippen LogP contribution in [0.3, 0.4) is 0 Å². The number of aromatic nitrogens is 1. The van der Waals surface area contributed by atoms with Crippen LogP contribution in [0.1, 0.15) is 15.9 Å². The van der Waals surface area contributed by atoms with E-state index in [1.165, 1.54) is 0 Å². The Hall–Kier alpha value is -1.96. The van der Waals surface area contributed by atoms with Crippen LogP contribution in [0.2, 0.25) is 0 Å². The molecule has 0 radical (unpaired) electrons. The van der Waals surface area contributed by atoms with Crippen molar-refractivity contribution in [2.75, 3.05) is 31.2 Å². The number of nitrogens with zero attached hydrogens (tertiary/aromatic N) is 2. The minimum atomic E-state index is -0.0757. The smallest absolute Gasteiger partial charge is 0.251 e. The fraction of sp³-hybridized carbons (Fsp3) is 0.263. The van der Waals surface area contributed by atoms with Gasteiger partial charge in [0.05, 0.1) is 23.4 Å². The number of benzene rings is 2. The first-order chi connectivity index (χ1) is 12.7. The summed E-state index contributed by atoms with van der Waals surface area (Å²) in [6.45, 7) is 3.69. The van der Waals surface area contributed by atoms with Crippen molar-refractivity contribution in [2.45, 2.75) is 6.54 Å². The average molecular weight is 432 g/mol. The van der Waals surface area contributed by atoms with Gasteiger partial charge in [-0.1, -0.05) is 39.4 Å². The molecule has 4 rings (SSSR count). The van der Waals surface area contributed by atoms with E-state index in [4.69, 9.17) is 9.72 Å². The molecule has 1 amide bonds. The van der Waals surface area contributed by atoms with Gasteiger partial charge in [-0.2, -0.15) is 0 Å². The van der Waals surface area contributed by atoms with Crippen LogP contribution in [-0.2, 0) is 11.3 Å². The summed E-state index contributed by atoms with van der Waals surface area (Å²) in [5.74, 6) is -0.0757. The number of carbonyl (C=O) groups is 1. The molecule has 1 saturated heterocycles. The Morgan fingerprint density at radius 3 is 2.88 bits per heavy atom. The zero-order chi connectivity index (χ0) is 17.9. The Balaban J connectivity index is 1.48. The summed E-state index contributed by atoms with van der Waals surface area (Å²) in [5, 5.41) is 3.97. The normalized spacial score (nSPS) is 14.6. The van der Waals surface area contributed by atoms with Gasteiger partial charge in [0.15, 0.2) is 5.13 Å². The number of rotatable bonds is 4. The molecule has 1 aliphatic rings. The van der Waals surface area contributed by atoms with E-state index in [1.54, 1.807) is 11.3 Å². The number of morpholine rings is 1. The molecule has 2 aromatic carbocycles. The third-order valence-electron chi connectivity index (χ3n) is 4.26. The predicted molar refractivity (Wildman–Crippen MR) is 108 cm³/mol. The van der Waals surface area contributed by atoms with Crippen molar-refractivity contribution in [1.29, 1.82) is 0 Å². The van der Waals surface area contributed by atoms with E-state index in [0.717, 1.165) is 51.7 Å². The molecule has 5 nitrogen and oxygen atoms in total. The van der Waals surface area contributed by atoms with Crippen LogP contribution < -0.4 is 10.2 Å². The number of hydrogen-bond acceptors (Lipinski definition) is 5. The molecule has 0 spiro atoms. The summed E-state index contributed by atoms with van der Waals surface area (Å²) in [6, 6.07) is 13.6. The standard InChI is InChI=1S/C19H18BrN3O2S/c20-15-3-1-2-13(10-15)12-21-18(24)14-4-5-16-17(11-14)26-19(22-16)23-6-8-25-9-7-23/h1-5,10-11H,6-9,12H2,(H,21,24). The van der Waals surface area contributed by atoms with Gasteiger partial charge in [0, 0.05) is 29.7 Å². The van der Waals surface area contributed by atoms with Crippen molar-refractivity contribution in [3.63, 3.8) is 0 Å². The van der Waals surface area contributed by atoms with Crippen LogP contribution in [0.5, 0.6) is 0 Å². The summed E-state index contributed by atoms with van der Waals surface area (Å²) >= 11 is 5.07. The number of anilines is 1. The topological polar surface area (TPSA) is 54.5 Å². The molecule has 1 N–H and O–H groups in total. The second-order valence-electron chi connectivity index (χ2n) is 6.09. The zero-order valence-corrected chi connectivity index (χ0v) is 16.5. The van der Waals surface area contributed by atoms with Crippen LogP contribution in [-0.4, -0.2) is 37.2 Å². The number of nitrogens with one attached hydrogen (secondary N) is 1. The quantitative estimate of drug-likeness (QED) is 0.681. The summed E-state index contributed by atoms with van der Waals surface area (Å²) in [7, 11) is 0. The number of carbonyl (C=O) groups excluding carboxylic acids is 1. The summed E-state index contributed by atoms with van der Waals surface area (Å²) < 4.78 is 7.43. The molecule has 134 valence electrons. The van der Waals surface area contributed by atoms with Crippen LogP contribution in [0.25, 0.3) is 10.2 Å². The third kappa shape index (κ3) is 3.90. The maximum Gasteiger partial charge on any atom is 0.251 e. The molecule has 0 unspecified atom stereocenters. The second-order valence-corrected chi connectivity index (χ2v) is 8.02. The van der Waals surface area contributed by atoms with E-state index in [2.05, 4.69) is 26.1 Å². The molecular formula is C19H18BrN3O2S. The van der Waals surface area contributed by atoms with E-state index >= 15 is 0 Å². The van der Waals surface area contributed by atoms with Crippen molar-refractivity contribution in [3.8, 4) is 0 Å². The summed E-state index contributed by atoms with van der Waals surface area (Å²) in [4.78, 5) is 19.4. The van der Waals surface area contributed by atoms with E-state index in [0.29, 0.717) is 12.1 Å². The van der Waals surface area contributed by atoms with Gasteiger partial charge in [0.1, 0.15) is 0 Å². The van der Waals surface area contributed by atoms with E-state index < -0.39 is 0 Å². The van der Waals surface area contributed by atoms with Crippen molar-refractivity contribution < 1.29 is 9.53 Å². The van der Waals surface area contributed by atoms with Gasteiger partial charge < -0.3 is 15.0 Å². The number of halogens is 1. The fourth-order valence-corrected chi connectivity index (χ4v) is 4.38. The second kappa shape index (κ2) is 7.73. The molecule has 0 aliphatic carbocycles. The Kier molecular flexibility index (Phi) is 5.19. The lowest BCUT2D eigenvalue weighted by Crippen LogP contribution is -2.36. The lowest BCUT2D eigenvalue weighted by Gasteiger charge is -2.25. The van der Waals surface area contributed by atoms with Gasteiger partial charge >= 0.3 is 0 Å². The highest BCUT2D eigenvalue weighted by Crippen LogP contribution is 2.30. The first-order valence-corrected chi connectivity index (χ1v) is 10.1. The fourth-order valence-electron chi connectivity index (χ4n) is 2.87. The van der Waals surface area contributed by atoms with E-state index in [1.807, 2.05) is 42.5 Å². The van der Waals surface area contributed by atoms with Crippen molar-refractivity contribution in [2.24, 2.45) is 0 Å². The lowest BCUT2D eigenvalue weighted by molar-refractivity contribution is 0.0951. The van der Waals surface area contributed by atoms with Gasteiger partial charge in [0.25, 0.3) is 5.91 Å². The number of thiazole rings is 1. The Morgan fingerprint density at radius 2 is 2.08 bits per heavy atom. The number of hydrogen-bond donors (Lipinski definition) is 1. The average Bonchev–Trinajstić information content (AvgIpc) is 3.10. The predicted octanol–water partition coefficient (Wildman–Crippen LogP) is 3.83. The molecular weight excluding hydrogens is 414 g/mol. The molecule has 2 heterocycles. The first kappa shape index (κ1) is 17.5. The van der Waals surface area contributed by atoms with Gasteiger partial charge in [-0.25, -0.2) is 4.98 Å². The maximum absolute atomic E-state index is 12.5.